The van der Waals surface area contributed by atoms with Gasteiger partial charge in [-0.05, 0) is 32.4 Å². The molecule has 0 rings (SSSR count). The fourth-order valence-corrected chi connectivity index (χ4v) is 2.04. The van der Waals surface area contributed by atoms with E-state index >= 15 is 0 Å². The molecule has 0 amide bonds. The Morgan fingerprint density at radius 3 is 2.28 bits per heavy atom. The van der Waals surface area contributed by atoms with Crippen LogP contribution >= 0.6 is 0 Å². The van der Waals surface area contributed by atoms with Crippen LogP contribution in [-0.4, -0.2) is 64.6 Å². The van der Waals surface area contributed by atoms with Gasteiger partial charge in [0.15, 0.2) is 0 Å². The largest absolute Gasteiger partial charge is 0.385 e. The van der Waals surface area contributed by atoms with E-state index in [-0.39, 0.29) is 0 Å². The van der Waals surface area contributed by atoms with Crippen molar-refractivity contribution in [2.45, 2.75) is 33.2 Å². The Balaban J connectivity index is 4.14. The Morgan fingerprint density at radius 2 is 1.72 bits per heavy atom. The number of nitrogens with one attached hydrogen (secondary N) is 1. The van der Waals surface area contributed by atoms with E-state index in [2.05, 4.69) is 31.0 Å². The first-order valence-electron chi connectivity index (χ1n) is 7.09. The molecule has 0 fully saturated rings. The molecule has 0 saturated carbocycles. The van der Waals surface area contributed by atoms with Crippen molar-refractivity contribution in [2.24, 2.45) is 5.92 Å². The van der Waals surface area contributed by atoms with Gasteiger partial charge < -0.3 is 14.8 Å². The monoisotopic (exact) mass is 260 g/mol. The highest BCUT2D eigenvalue weighted by Gasteiger charge is 2.19. The number of hydrogen-bond acceptors (Lipinski definition) is 4. The van der Waals surface area contributed by atoms with Crippen LogP contribution in [0.5, 0.6) is 0 Å². The molecule has 0 aromatic rings. The second-order valence-corrected chi connectivity index (χ2v) is 4.90. The molecule has 0 aromatic heterocycles. The van der Waals surface area contributed by atoms with Crippen LogP contribution in [0.15, 0.2) is 0 Å². The maximum Gasteiger partial charge on any atom is 0.0589 e. The zero-order valence-corrected chi connectivity index (χ0v) is 12.9. The fraction of sp³-hybridized carbons (Fsp3) is 1.00. The minimum absolute atomic E-state index is 0.566. The third-order valence-electron chi connectivity index (χ3n) is 3.49. The van der Waals surface area contributed by atoms with Crippen molar-refractivity contribution in [2.75, 3.05) is 53.6 Å². The van der Waals surface area contributed by atoms with E-state index in [0.717, 1.165) is 45.8 Å². The SMILES string of the molecule is CCNCC(C)C(C)N(CCCOC)CCOC. The lowest BCUT2D eigenvalue weighted by atomic mass is 10.0. The van der Waals surface area contributed by atoms with Gasteiger partial charge in [-0.15, -0.1) is 0 Å². The molecule has 18 heavy (non-hydrogen) atoms. The topological polar surface area (TPSA) is 33.7 Å². The van der Waals surface area contributed by atoms with E-state index in [9.17, 15) is 0 Å². The molecule has 0 aliphatic rings. The summed E-state index contributed by atoms with van der Waals surface area (Å²) in [4.78, 5) is 2.50. The second kappa shape index (κ2) is 11.9. The molecule has 0 heterocycles. The van der Waals surface area contributed by atoms with Gasteiger partial charge in [0.2, 0.25) is 0 Å². The summed E-state index contributed by atoms with van der Waals surface area (Å²) in [6.45, 7) is 12.6. The standard InChI is InChI=1S/C14H32N2O2/c1-6-15-12-13(2)14(3)16(9-11-18-5)8-7-10-17-4/h13-15H,6-12H2,1-5H3. The summed E-state index contributed by atoms with van der Waals surface area (Å²) in [6, 6.07) is 0.566. The van der Waals surface area contributed by atoms with Crippen molar-refractivity contribution in [3.8, 4) is 0 Å². The molecule has 110 valence electrons. The Kier molecular flexibility index (Phi) is 11.8. The van der Waals surface area contributed by atoms with Crippen molar-refractivity contribution in [3.63, 3.8) is 0 Å². The highest BCUT2D eigenvalue weighted by Crippen LogP contribution is 2.11. The first kappa shape index (κ1) is 17.8. The highest BCUT2D eigenvalue weighted by molar-refractivity contribution is 4.74. The van der Waals surface area contributed by atoms with Gasteiger partial charge in [-0.1, -0.05) is 13.8 Å². The minimum Gasteiger partial charge on any atom is -0.385 e. The van der Waals surface area contributed by atoms with E-state index in [4.69, 9.17) is 9.47 Å². The summed E-state index contributed by atoms with van der Waals surface area (Å²) in [5.74, 6) is 0.643. The first-order valence-corrected chi connectivity index (χ1v) is 7.09. The Labute approximate surface area is 113 Å². The van der Waals surface area contributed by atoms with Crippen LogP contribution in [0.1, 0.15) is 27.2 Å². The molecular weight excluding hydrogens is 228 g/mol. The lowest BCUT2D eigenvalue weighted by Gasteiger charge is -2.33. The summed E-state index contributed by atoms with van der Waals surface area (Å²) in [7, 11) is 3.52. The zero-order valence-electron chi connectivity index (χ0n) is 12.9. The summed E-state index contributed by atoms with van der Waals surface area (Å²) < 4.78 is 10.3. The fourth-order valence-electron chi connectivity index (χ4n) is 2.04. The molecule has 0 aromatic carbocycles. The summed E-state index contributed by atoms with van der Waals surface area (Å²) in [6.07, 6.45) is 1.08. The molecule has 0 saturated heterocycles. The first-order chi connectivity index (χ1) is 8.67. The molecule has 4 nitrogen and oxygen atoms in total. The lowest BCUT2D eigenvalue weighted by molar-refractivity contribution is 0.0924. The van der Waals surface area contributed by atoms with Gasteiger partial charge in [0.1, 0.15) is 0 Å². The van der Waals surface area contributed by atoms with Gasteiger partial charge in [0.25, 0.3) is 0 Å². The molecule has 0 spiro atoms. The molecule has 0 bridgehead atoms. The summed E-state index contributed by atoms with van der Waals surface area (Å²) in [5, 5.41) is 3.42. The molecule has 4 heteroatoms. The van der Waals surface area contributed by atoms with Crippen molar-refractivity contribution in [1.82, 2.24) is 10.2 Å². The molecule has 0 aliphatic carbocycles. The predicted molar refractivity (Wildman–Crippen MR) is 77.1 cm³/mol. The maximum atomic E-state index is 5.20. The van der Waals surface area contributed by atoms with Crippen molar-refractivity contribution < 1.29 is 9.47 Å². The lowest BCUT2D eigenvalue weighted by Crippen LogP contribution is -2.43. The van der Waals surface area contributed by atoms with E-state index in [0.29, 0.717) is 12.0 Å². The predicted octanol–water partition coefficient (Wildman–Crippen LogP) is 1.61. The maximum absolute atomic E-state index is 5.20. The van der Waals surface area contributed by atoms with Gasteiger partial charge >= 0.3 is 0 Å². The number of nitrogens with zero attached hydrogens (tertiary/aromatic N) is 1. The molecular formula is C14H32N2O2. The number of ether oxygens (including phenoxy) is 2. The van der Waals surface area contributed by atoms with Crippen LogP contribution in [0.3, 0.4) is 0 Å². The van der Waals surface area contributed by atoms with Gasteiger partial charge in [0, 0.05) is 40.0 Å². The van der Waals surface area contributed by atoms with Gasteiger partial charge in [-0.2, -0.15) is 0 Å². The van der Waals surface area contributed by atoms with Crippen molar-refractivity contribution in [1.29, 1.82) is 0 Å². The second-order valence-electron chi connectivity index (χ2n) is 4.90. The third kappa shape index (κ3) is 8.03. The van der Waals surface area contributed by atoms with Crippen LogP contribution in [0.25, 0.3) is 0 Å². The molecule has 0 aliphatic heterocycles. The van der Waals surface area contributed by atoms with E-state index in [1.807, 2.05) is 0 Å². The molecule has 2 atom stereocenters. The Hall–Kier alpha value is -0.160. The van der Waals surface area contributed by atoms with Crippen molar-refractivity contribution >= 4 is 0 Å². The Bertz CT molecular complexity index is 179. The summed E-state index contributed by atoms with van der Waals surface area (Å²) >= 11 is 0. The number of hydrogen-bond donors (Lipinski definition) is 1. The number of methoxy groups -OCH3 is 2. The van der Waals surface area contributed by atoms with Crippen LogP contribution in [0, 0.1) is 5.92 Å². The summed E-state index contributed by atoms with van der Waals surface area (Å²) in [5.41, 5.74) is 0. The third-order valence-corrected chi connectivity index (χ3v) is 3.49. The number of rotatable bonds is 12. The van der Waals surface area contributed by atoms with Gasteiger partial charge in [-0.3, -0.25) is 4.90 Å². The van der Waals surface area contributed by atoms with Crippen LogP contribution in [-0.2, 0) is 9.47 Å². The van der Waals surface area contributed by atoms with Crippen LogP contribution in [0.4, 0.5) is 0 Å². The van der Waals surface area contributed by atoms with Gasteiger partial charge in [0.05, 0.1) is 6.61 Å². The van der Waals surface area contributed by atoms with Gasteiger partial charge in [-0.25, -0.2) is 0 Å². The Morgan fingerprint density at radius 1 is 1.06 bits per heavy atom. The highest BCUT2D eigenvalue weighted by atomic mass is 16.5. The average molecular weight is 260 g/mol. The molecule has 0 radical (unpaired) electrons. The molecule has 2 unspecified atom stereocenters. The molecule has 1 N–H and O–H groups in total. The average Bonchev–Trinajstić information content (AvgIpc) is 2.39. The zero-order chi connectivity index (χ0) is 13.8. The smallest absolute Gasteiger partial charge is 0.0589 e. The normalized spacial score (nSPS) is 15.0. The quantitative estimate of drug-likeness (QED) is 0.541. The van der Waals surface area contributed by atoms with Crippen LogP contribution < -0.4 is 5.32 Å². The minimum atomic E-state index is 0.566. The van der Waals surface area contributed by atoms with E-state index < -0.39 is 0 Å². The van der Waals surface area contributed by atoms with Crippen LogP contribution in [0.2, 0.25) is 0 Å². The van der Waals surface area contributed by atoms with E-state index in [1.54, 1.807) is 14.2 Å². The van der Waals surface area contributed by atoms with Crippen molar-refractivity contribution in [3.05, 3.63) is 0 Å². The van der Waals surface area contributed by atoms with E-state index in [1.165, 1.54) is 0 Å².